The second-order valence-corrected chi connectivity index (χ2v) is 7.02. The predicted molar refractivity (Wildman–Crippen MR) is 105 cm³/mol. The van der Waals surface area contributed by atoms with E-state index in [0.29, 0.717) is 29.7 Å². The van der Waals surface area contributed by atoms with Gasteiger partial charge < -0.3 is 24.5 Å². The number of hydrogen-bond acceptors (Lipinski definition) is 7. The number of nitrogens with two attached hydrogens (primary N) is 1. The first kappa shape index (κ1) is 20.2. The van der Waals surface area contributed by atoms with Crippen LogP contribution in [0.5, 0.6) is 0 Å². The molecule has 0 spiro atoms. The third kappa shape index (κ3) is 4.01. The van der Waals surface area contributed by atoms with E-state index in [1.54, 1.807) is 16.8 Å². The van der Waals surface area contributed by atoms with Gasteiger partial charge in [0.05, 0.1) is 5.39 Å². The molecular weight excluding hydrogens is 384 g/mol. The van der Waals surface area contributed by atoms with Crippen molar-refractivity contribution >= 4 is 34.6 Å². The van der Waals surface area contributed by atoms with Crippen molar-refractivity contribution in [3.05, 3.63) is 17.5 Å². The number of anilines is 1. The minimum Gasteiger partial charge on any atom is -0.431 e. The van der Waals surface area contributed by atoms with Crippen LogP contribution >= 0.6 is 11.6 Å². The van der Waals surface area contributed by atoms with Crippen LogP contribution in [0.25, 0.3) is 11.0 Å². The summed E-state index contributed by atoms with van der Waals surface area (Å²) in [6, 6.07) is 1.80. The van der Waals surface area contributed by atoms with Gasteiger partial charge in [-0.15, -0.1) is 6.42 Å². The summed E-state index contributed by atoms with van der Waals surface area (Å²) in [6.45, 7) is 3.80. The van der Waals surface area contributed by atoms with Crippen molar-refractivity contribution in [3.63, 3.8) is 0 Å². The quantitative estimate of drug-likeness (QED) is 0.443. The second kappa shape index (κ2) is 8.25. The molecule has 9 heteroatoms. The predicted octanol–water partition coefficient (Wildman–Crippen LogP) is 3.69. The molecule has 2 aromatic heterocycles. The fourth-order valence-electron chi connectivity index (χ4n) is 3.25. The number of fused-ring (bicyclic) bond motifs is 1. The van der Waals surface area contributed by atoms with Crippen molar-refractivity contribution < 1.29 is 19.0 Å². The fraction of sp³-hybridized carbons (Fsp3) is 0.526. The van der Waals surface area contributed by atoms with Crippen molar-refractivity contribution in [2.24, 2.45) is 0 Å². The Hall–Kier alpha value is -2.50. The van der Waals surface area contributed by atoms with Gasteiger partial charge in [-0.3, -0.25) is 0 Å². The molecule has 0 aromatic carbocycles. The number of hydrogen-bond donors (Lipinski definition) is 1. The molecule has 1 aliphatic heterocycles. The molecule has 3 heterocycles. The van der Waals surface area contributed by atoms with Gasteiger partial charge in [-0.2, -0.15) is 4.98 Å². The van der Waals surface area contributed by atoms with Gasteiger partial charge in [0.15, 0.2) is 5.60 Å². The summed E-state index contributed by atoms with van der Waals surface area (Å²) < 4.78 is 18.4. The van der Waals surface area contributed by atoms with E-state index >= 15 is 0 Å². The summed E-state index contributed by atoms with van der Waals surface area (Å²) in [5, 5.41) is 0.731. The molecule has 2 atom stereocenters. The molecule has 1 saturated heterocycles. The second-order valence-electron chi connectivity index (χ2n) is 6.68. The lowest BCUT2D eigenvalue weighted by Crippen LogP contribution is -2.34. The van der Waals surface area contributed by atoms with Gasteiger partial charge in [0, 0.05) is 6.20 Å². The molecule has 2 aromatic rings. The number of aromatic nitrogens is 3. The third-order valence-electron chi connectivity index (χ3n) is 4.90. The number of halogens is 1. The van der Waals surface area contributed by atoms with E-state index in [-0.39, 0.29) is 18.0 Å². The molecule has 28 heavy (non-hydrogen) atoms. The number of carbonyl (C=O) groups excluding carboxylic acids is 1. The van der Waals surface area contributed by atoms with Gasteiger partial charge in [0.2, 0.25) is 5.28 Å². The average molecular weight is 407 g/mol. The Bertz CT molecular complexity index is 905. The first-order chi connectivity index (χ1) is 13.4. The number of rotatable bonds is 6. The molecular formula is C19H23ClN4O4. The van der Waals surface area contributed by atoms with Gasteiger partial charge in [0.1, 0.15) is 30.4 Å². The maximum Gasteiger partial charge on any atom is 0.508 e. The van der Waals surface area contributed by atoms with Crippen LogP contribution in [0.2, 0.25) is 5.28 Å². The van der Waals surface area contributed by atoms with E-state index in [1.807, 2.05) is 13.8 Å². The summed E-state index contributed by atoms with van der Waals surface area (Å²) in [5.41, 5.74) is 5.43. The van der Waals surface area contributed by atoms with Gasteiger partial charge in [-0.05, 0) is 43.4 Å². The Morgan fingerprint density at radius 3 is 2.96 bits per heavy atom. The summed E-state index contributed by atoms with van der Waals surface area (Å²) in [4.78, 5) is 20.1. The number of terminal acetylenes is 1. The Labute approximate surface area is 168 Å². The highest BCUT2D eigenvalue weighted by Gasteiger charge is 2.41. The summed E-state index contributed by atoms with van der Waals surface area (Å²) in [7, 11) is 0. The Balaban J connectivity index is 1.71. The van der Waals surface area contributed by atoms with Crippen LogP contribution in [0.4, 0.5) is 10.6 Å². The van der Waals surface area contributed by atoms with E-state index in [4.69, 9.17) is 38.0 Å². The van der Waals surface area contributed by atoms with Gasteiger partial charge >= 0.3 is 6.16 Å². The molecule has 2 N–H and O–H groups in total. The lowest BCUT2D eigenvalue weighted by molar-refractivity contribution is -0.0769. The van der Waals surface area contributed by atoms with Crippen LogP contribution in [-0.2, 0) is 14.2 Å². The third-order valence-corrected chi connectivity index (χ3v) is 5.07. The van der Waals surface area contributed by atoms with Crippen LogP contribution < -0.4 is 5.73 Å². The zero-order chi connectivity index (χ0) is 20.3. The van der Waals surface area contributed by atoms with Gasteiger partial charge in [-0.1, -0.05) is 19.8 Å². The Morgan fingerprint density at radius 1 is 1.54 bits per heavy atom. The molecule has 0 radical (unpaired) electrons. The zero-order valence-corrected chi connectivity index (χ0v) is 16.6. The van der Waals surface area contributed by atoms with Crippen LogP contribution in [0.15, 0.2) is 12.3 Å². The number of carbonyl (C=O) groups is 1. The monoisotopic (exact) mass is 406 g/mol. The minimum absolute atomic E-state index is 0.0543. The minimum atomic E-state index is -1.03. The molecule has 0 aliphatic carbocycles. The SMILES string of the molecule is C#C[C@@]1(COC(=O)OC(CC)CC)CC[C@H](n2ccc3c(N)nc(Cl)nc32)O1. The molecule has 0 amide bonds. The summed E-state index contributed by atoms with van der Waals surface area (Å²) >= 11 is 5.93. The fourth-order valence-corrected chi connectivity index (χ4v) is 3.42. The van der Waals surface area contributed by atoms with E-state index < -0.39 is 18.0 Å². The Kier molecular flexibility index (Phi) is 5.96. The van der Waals surface area contributed by atoms with Crippen LogP contribution in [-0.4, -0.2) is 39.0 Å². The number of nitrogens with zero attached hydrogens (tertiary/aromatic N) is 3. The topological polar surface area (TPSA) is 101 Å². The van der Waals surface area contributed by atoms with Crippen molar-refractivity contribution in [2.75, 3.05) is 12.3 Å². The maximum atomic E-state index is 11.9. The lowest BCUT2D eigenvalue weighted by atomic mass is 10.0. The molecule has 0 bridgehead atoms. The van der Waals surface area contributed by atoms with Crippen LogP contribution in [0.3, 0.4) is 0 Å². The molecule has 0 unspecified atom stereocenters. The van der Waals surface area contributed by atoms with E-state index in [2.05, 4.69) is 15.9 Å². The first-order valence-electron chi connectivity index (χ1n) is 9.20. The van der Waals surface area contributed by atoms with Crippen molar-refractivity contribution in [1.29, 1.82) is 0 Å². The number of nitrogen functional groups attached to an aromatic ring is 1. The van der Waals surface area contributed by atoms with Crippen molar-refractivity contribution in [1.82, 2.24) is 14.5 Å². The van der Waals surface area contributed by atoms with Crippen molar-refractivity contribution in [2.45, 2.75) is 57.5 Å². The molecule has 150 valence electrons. The van der Waals surface area contributed by atoms with E-state index in [1.165, 1.54) is 0 Å². The van der Waals surface area contributed by atoms with Crippen LogP contribution in [0, 0.1) is 12.3 Å². The smallest absolute Gasteiger partial charge is 0.431 e. The first-order valence-corrected chi connectivity index (χ1v) is 9.57. The van der Waals surface area contributed by atoms with E-state index in [0.717, 1.165) is 12.8 Å². The largest absolute Gasteiger partial charge is 0.508 e. The average Bonchev–Trinajstić information content (AvgIpc) is 3.29. The lowest BCUT2D eigenvalue weighted by Gasteiger charge is -2.24. The van der Waals surface area contributed by atoms with Gasteiger partial charge in [-0.25, -0.2) is 9.78 Å². The summed E-state index contributed by atoms with van der Waals surface area (Å²) in [5.74, 6) is 2.92. The standard InChI is InChI=1S/C19H23ClN4O4/c1-4-12(5-2)27-18(25)26-11-19(6-3)9-7-14(28-19)24-10-8-13-15(21)22-17(20)23-16(13)24/h3,8,10,12,14H,4-5,7,9,11H2,1-2H3,(H2,21,22,23)/t14-,19+/m1/s1. The van der Waals surface area contributed by atoms with Crippen LogP contribution in [0.1, 0.15) is 45.8 Å². The summed E-state index contributed by atoms with van der Waals surface area (Å²) in [6.07, 6.45) is 8.76. The maximum absolute atomic E-state index is 11.9. The molecule has 8 nitrogen and oxygen atoms in total. The highest BCUT2D eigenvalue weighted by molar-refractivity contribution is 6.28. The zero-order valence-electron chi connectivity index (χ0n) is 15.9. The molecule has 3 rings (SSSR count). The van der Waals surface area contributed by atoms with E-state index in [9.17, 15) is 4.79 Å². The van der Waals surface area contributed by atoms with Crippen molar-refractivity contribution in [3.8, 4) is 12.3 Å². The normalized spacial score (nSPS) is 21.8. The highest BCUT2D eigenvalue weighted by atomic mass is 35.5. The molecule has 1 fully saturated rings. The molecule has 0 saturated carbocycles. The Morgan fingerprint density at radius 2 is 2.29 bits per heavy atom. The van der Waals surface area contributed by atoms with Gasteiger partial charge in [0.25, 0.3) is 0 Å². The highest BCUT2D eigenvalue weighted by Crippen LogP contribution is 2.38. The number of ether oxygens (including phenoxy) is 3. The molecule has 1 aliphatic rings.